The summed E-state index contributed by atoms with van der Waals surface area (Å²) in [4.78, 5) is 27.0. The summed E-state index contributed by atoms with van der Waals surface area (Å²) < 4.78 is 5.53. The molecule has 2 aromatic rings. The second-order valence-corrected chi connectivity index (χ2v) is 8.52. The van der Waals surface area contributed by atoms with Crippen molar-refractivity contribution in [2.75, 3.05) is 43.6 Å². The number of aromatic nitrogens is 2. The van der Waals surface area contributed by atoms with E-state index in [2.05, 4.69) is 4.90 Å². The summed E-state index contributed by atoms with van der Waals surface area (Å²) in [6.07, 6.45) is 0.721. The van der Waals surface area contributed by atoms with Gasteiger partial charge in [-0.05, 0) is 13.8 Å². The van der Waals surface area contributed by atoms with Crippen molar-refractivity contribution >= 4 is 23.3 Å². The summed E-state index contributed by atoms with van der Waals surface area (Å²) in [5.41, 5.74) is 2.51. The highest BCUT2D eigenvalue weighted by atomic mass is 35.5. The zero-order chi connectivity index (χ0) is 20.4. The molecule has 1 aromatic heterocycles. The number of hydrogen-bond donors (Lipinski definition) is 0. The zero-order valence-corrected chi connectivity index (χ0v) is 17.8. The third-order valence-corrected chi connectivity index (χ3v) is 6.25. The van der Waals surface area contributed by atoms with Crippen LogP contribution in [0.2, 0.25) is 0 Å². The quantitative estimate of drug-likeness (QED) is 0.719. The molecule has 154 valence electrons. The van der Waals surface area contributed by atoms with Gasteiger partial charge in [0, 0.05) is 43.1 Å². The summed E-state index contributed by atoms with van der Waals surface area (Å²) in [6.45, 7) is 7.92. The Morgan fingerprint density at radius 1 is 1.14 bits per heavy atom. The number of ether oxygens (including phenoxy) is 1. The number of amides is 1. The third-order valence-electron chi connectivity index (χ3n) is 5.58. The van der Waals surface area contributed by atoms with E-state index in [1.807, 2.05) is 49.1 Å². The molecule has 4 rings (SSSR count). The lowest BCUT2D eigenvalue weighted by atomic mass is 9.92. The van der Waals surface area contributed by atoms with Crippen LogP contribution in [-0.4, -0.2) is 59.5 Å². The lowest BCUT2D eigenvalue weighted by molar-refractivity contribution is -0.140. The molecule has 7 heteroatoms. The standard InChI is InChI=1S/C22H27ClN4O2/c1-22(2,15-23)21(28)27-9-8-18-17(14-27)20(26-10-12-29-13-11-26)25-19(24-18)16-6-4-3-5-7-16/h3-7H,8-15H2,1-2H3. The Labute approximate surface area is 176 Å². The lowest BCUT2D eigenvalue weighted by Crippen LogP contribution is -2.45. The maximum Gasteiger partial charge on any atom is 0.229 e. The van der Waals surface area contributed by atoms with Crippen LogP contribution in [0.4, 0.5) is 5.82 Å². The highest BCUT2D eigenvalue weighted by molar-refractivity contribution is 6.19. The first-order valence-electron chi connectivity index (χ1n) is 10.1. The third kappa shape index (κ3) is 4.09. The molecule has 0 saturated carbocycles. The second-order valence-electron chi connectivity index (χ2n) is 8.26. The highest BCUT2D eigenvalue weighted by Gasteiger charge is 2.35. The molecule has 0 bridgehead atoms. The number of carbonyl (C=O) groups excluding carboxylic acids is 1. The number of rotatable bonds is 4. The highest BCUT2D eigenvalue weighted by Crippen LogP contribution is 2.32. The minimum atomic E-state index is -0.580. The van der Waals surface area contributed by atoms with Crippen LogP contribution in [0.3, 0.4) is 0 Å². The molecular formula is C22H27ClN4O2. The molecule has 0 aliphatic carbocycles. The van der Waals surface area contributed by atoms with Crippen molar-refractivity contribution in [2.24, 2.45) is 5.41 Å². The number of morpholine rings is 1. The number of hydrogen-bond acceptors (Lipinski definition) is 5. The molecule has 29 heavy (non-hydrogen) atoms. The van der Waals surface area contributed by atoms with Crippen LogP contribution in [0.1, 0.15) is 25.1 Å². The molecule has 2 aliphatic heterocycles. The average molecular weight is 415 g/mol. The van der Waals surface area contributed by atoms with E-state index < -0.39 is 5.41 Å². The average Bonchev–Trinajstić information content (AvgIpc) is 2.78. The molecular weight excluding hydrogens is 388 g/mol. The molecule has 3 heterocycles. The Hall–Kier alpha value is -2.18. The van der Waals surface area contributed by atoms with E-state index in [0.29, 0.717) is 32.2 Å². The van der Waals surface area contributed by atoms with Gasteiger partial charge in [-0.15, -0.1) is 11.6 Å². The Kier molecular flexibility index (Phi) is 5.74. The van der Waals surface area contributed by atoms with Gasteiger partial charge in [0.1, 0.15) is 5.82 Å². The van der Waals surface area contributed by atoms with Gasteiger partial charge in [-0.25, -0.2) is 9.97 Å². The molecule has 1 amide bonds. The summed E-state index contributed by atoms with van der Waals surface area (Å²) in [6, 6.07) is 10.1. The Morgan fingerprint density at radius 2 is 1.86 bits per heavy atom. The van der Waals surface area contributed by atoms with Gasteiger partial charge in [0.05, 0.1) is 30.9 Å². The van der Waals surface area contributed by atoms with Gasteiger partial charge in [0.15, 0.2) is 5.82 Å². The fourth-order valence-corrected chi connectivity index (χ4v) is 3.92. The number of carbonyl (C=O) groups is 1. The van der Waals surface area contributed by atoms with Crippen LogP contribution in [-0.2, 0) is 22.5 Å². The van der Waals surface area contributed by atoms with Crippen molar-refractivity contribution < 1.29 is 9.53 Å². The predicted molar refractivity (Wildman–Crippen MR) is 114 cm³/mol. The van der Waals surface area contributed by atoms with E-state index >= 15 is 0 Å². The number of alkyl halides is 1. The zero-order valence-electron chi connectivity index (χ0n) is 17.0. The van der Waals surface area contributed by atoms with E-state index in [0.717, 1.165) is 48.0 Å². The molecule has 0 N–H and O–H groups in total. The van der Waals surface area contributed by atoms with Crippen molar-refractivity contribution in [3.63, 3.8) is 0 Å². The topological polar surface area (TPSA) is 58.6 Å². The largest absolute Gasteiger partial charge is 0.378 e. The summed E-state index contributed by atoms with van der Waals surface area (Å²) in [5, 5.41) is 0. The first-order valence-corrected chi connectivity index (χ1v) is 10.7. The van der Waals surface area contributed by atoms with Crippen LogP contribution in [0.5, 0.6) is 0 Å². The SMILES string of the molecule is CC(C)(CCl)C(=O)N1CCc2nc(-c3ccccc3)nc(N3CCOCC3)c2C1. The fourth-order valence-electron chi connectivity index (χ4n) is 3.81. The van der Waals surface area contributed by atoms with E-state index in [1.165, 1.54) is 0 Å². The molecule has 0 unspecified atom stereocenters. The van der Waals surface area contributed by atoms with Gasteiger partial charge in [-0.1, -0.05) is 30.3 Å². The molecule has 1 fully saturated rings. The number of fused-ring (bicyclic) bond motifs is 1. The second kappa shape index (κ2) is 8.28. The van der Waals surface area contributed by atoms with E-state index in [-0.39, 0.29) is 5.91 Å². The van der Waals surface area contributed by atoms with Gasteiger partial charge in [-0.3, -0.25) is 4.79 Å². The number of benzene rings is 1. The molecule has 2 aliphatic rings. The molecule has 0 spiro atoms. The molecule has 0 atom stereocenters. The van der Waals surface area contributed by atoms with Gasteiger partial charge < -0.3 is 14.5 Å². The van der Waals surface area contributed by atoms with Crippen LogP contribution >= 0.6 is 11.6 Å². The Bertz CT molecular complexity index is 882. The van der Waals surface area contributed by atoms with Crippen molar-refractivity contribution in [1.82, 2.24) is 14.9 Å². The summed E-state index contributed by atoms with van der Waals surface area (Å²) in [5.74, 6) is 2.05. The fraction of sp³-hybridized carbons (Fsp3) is 0.500. The van der Waals surface area contributed by atoms with Gasteiger partial charge in [0.2, 0.25) is 5.91 Å². The van der Waals surface area contributed by atoms with E-state index in [1.54, 1.807) is 0 Å². The molecule has 1 saturated heterocycles. The van der Waals surface area contributed by atoms with Crippen LogP contribution in [0.15, 0.2) is 30.3 Å². The minimum Gasteiger partial charge on any atom is -0.378 e. The molecule has 0 radical (unpaired) electrons. The van der Waals surface area contributed by atoms with E-state index in [9.17, 15) is 4.79 Å². The summed E-state index contributed by atoms with van der Waals surface area (Å²) in [7, 11) is 0. The lowest BCUT2D eigenvalue weighted by Gasteiger charge is -2.37. The smallest absolute Gasteiger partial charge is 0.229 e. The van der Waals surface area contributed by atoms with Crippen LogP contribution < -0.4 is 4.90 Å². The Morgan fingerprint density at radius 3 is 2.55 bits per heavy atom. The monoisotopic (exact) mass is 414 g/mol. The maximum atomic E-state index is 13.0. The van der Waals surface area contributed by atoms with E-state index in [4.69, 9.17) is 26.3 Å². The molecule has 1 aromatic carbocycles. The van der Waals surface area contributed by atoms with Gasteiger partial charge in [-0.2, -0.15) is 0 Å². The number of nitrogens with zero attached hydrogens (tertiary/aromatic N) is 4. The minimum absolute atomic E-state index is 0.0817. The first kappa shape index (κ1) is 20.1. The summed E-state index contributed by atoms with van der Waals surface area (Å²) >= 11 is 6.05. The van der Waals surface area contributed by atoms with Gasteiger partial charge >= 0.3 is 0 Å². The number of halogens is 1. The predicted octanol–water partition coefficient (Wildman–Crippen LogP) is 3.13. The van der Waals surface area contributed by atoms with Gasteiger partial charge in [0.25, 0.3) is 0 Å². The first-order chi connectivity index (χ1) is 14.0. The van der Waals surface area contributed by atoms with Crippen molar-refractivity contribution in [3.05, 3.63) is 41.6 Å². The van der Waals surface area contributed by atoms with Crippen LogP contribution in [0, 0.1) is 5.41 Å². The molecule has 6 nitrogen and oxygen atoms in total. The van der Waals surface area contributed by atoms with Crippen molar-refractivity contribution in [1.29, 1.82) is 0 Å². The number of anilines is 1. The van der Waals surface area contributed by atoms with Crippen molar-refractivity contribution in [3.8, 4) is 11.4 Å². The maximum absolute atomic E-state index is 13.0. The Balaban J connectivity index is 1.73. The van der Waals surface area contributed by atoms with Crippen molar-refractivity contribution in [2.45, 2.75) is 26.8 Å². The van der Waals surface area contributed by atoms with Crippen LogP contribution in [0.25, 0.3) is 11.4 Å². The normalized spacial score (nSPS) is 17.2.